The minimum absolute atomic E-state index is 0.722. The van der Waals surface area contributed by atoms with Crippen LogP contribution in [0.3, 0.4) is 0 Å². The second-order valence-electron chi connectivity index (χ2n) is 4.55. The maximum atomic E-state index is 6.10. The Morgan fingerprint density at radius 1 is 1.32 bits per heavy atom. The molecule has 3 aromatic rings. The van der Waals surface area contributed by atoms with Crippen LogP contribution in [0.2, 0.25) is 0 Å². The van der Waals surface area contributed by atoms with Gasteiger partial charge in [0.1, 0.15) is 11.5 Å². The summed E-state index contributed by atoms with van der Waals surface area (Å²) < 4.78 is 3.52. The van der Waals surface area contributed by atoms with Crippen LogP contribution in [0.1, 0.15) is 18.9 Å². The van der Waals surface area contributed by atoms with Crippen molar-refractivity contribution in [2.45, 2.75) is 19.8 Å². The molecule has 0 aliphatic heterocycles. The monoisotopic (exact) mass is 256 g/mol. The molecule has 6 nitrogen and oxygen atoms in total. The Hall–Kier alpha value is -2.37. The van der Waals surface area contributed by atoms with E-state index in [0.717, 1.165) is 41.0 Å². The average Bonchev–Trinajstić information content (AvgIpc) is 2.95. The third-order valence-corrected chi connectivity index (χ3v) is 3.27. The lowest BCUT2D eigenvalue weighted by molar-refractivity contribution is 0.781. The van der Waals surface area contributed by atoms with Crippen molar-refractivity contribution < 1.29 is 0 Å². The van der Waals surface area contributed by atoms with Crippen molar-refractivity contribution in [1.82, 2.24) is 24.4 Å². The highest BCUT2D eigenvalue weighted by molar-refractivity contribution is 5.80. The van der Waals surface area contributed by atoms with E-state index in [2.05, 4.69) is 22.1 Å². The van der Waals surface area contributed by atoms with Crippen LogP contribution in [-0.2, 0) is 13.5 Å². The molecule has 3 aromatic heterocycles. The standard InChI is InChI=1S/C13H16N6/c1-3-4-9-12(17-18(2)13(9)14)10-7-16-19-6-5-15-8-11(10)19/h5-8H,3-4,14H2,1-2H3. The molecule has 0 saturated carbocycles. The van der Waals surface area contributed by atoms with Crippen LogP contribution < -0.4 is 5.73 Å². The van der Waals surface area contributed by atoms with Crippen LogP contribution in [0, 0.1) is 0 Å². The summed E-state index contributed by atoms with van der Waals surface area (Å²) in [5.41, 5.74) is 10.0. The molecular weight excluding hydrogens is 240 g/mol. The smallest absolute Gasteiger partial charge is 0.125 e. The van der Waals surface area contributed by atoms with E-state index < -0.39 is 0 Å². The number of nitrogens with zero attached hydrogens (tertiary/aromatic N) is 5. The number of aryl methyl sites for hydroxylation is 1. The molecule has 0 bridgehead atoms. The number of hydrogen-bond acceptors (Lipinski definition) is 4. The molecule has 3 heterocycles. The van der Waals surface area contributed by atoms with Crippen molar-refractivity contribution in [2.75, 3.05) is 5.73 Å². The van der Waals surface area contributed by atoms with Crippen LogP contribution in [0.4, 0.5) is 5.82 Å². The summed E-state index contributed by atoms with van der Waals surface area (Å²) in [4.78, 5) is 4.15. The summed E-state index contributed by atoms with van der Waals surface area (Å²) in [6, 6.07) is 0. The zero-order valence-electron chi connectivity index (χ0n) is 11.0. The maximum Gasteiger partial charge on any atom is 0.125 e. The van der Waals surface area contributed by atoms with Gasteiger partial charge in [-0.15, -0.1) is 0 Å². The van der Waals surface area contributed by atoms with Gasteiger partial charge in [-0.1, -0.05) is 13.3 Å². The molecule has 0 atom stereocenters. The van der Waals surface area contributed by atoms with Crippen molar-refractivity contribution in [3.63, 3.8) is 0 Å². The third kappa shape index (κ3) is 1.76. The first-order chi connectivity index (χ1) is 9.22. The predicted octanol–water partition coefficient (Wildman–Crippen LogP) is 1.66. The Kier molecular flexibility index (Phi) is 2.70. The Labute approximate surface area is 110 Å². The number of fused-ring (bicyclic) bond motifs is 1. The lowest BCUT2D eigenvalue weighted by Crippen LogP contribution is -1.99. The predicted molar refractivity (Wildman–Crippen MR) is 73.6 cm³/mol. The van der Waals surface area contributed by atoms with E-state index >= 15 is 0 Å². The fraction of sp³-hybridized carbons (Fsp3) is 0.308. The first-order valence-electron chi connectivity index (χ1n) is 6.31. The van der Waals surface area contributed by atoms with Gasteiger partial charge in [-0.05, 0) is 6.42 Å². The van der Waals surface area contributed by atoms with Gasteiger partial charge in [-0.3, -0.25) is 9.67 Å². The van der Waals surface area contributed by atoms with Crippen LogP contribution in [0.25, 0.3) is 16.8 Å². The second-order valence-corrected chi connectivity index (χ2v) is 4.55. The molecule has 3 rings (SSSR count). The van der Waals surface area contributed by atoms with Gasteiger partial charge >= 0.3 is 0 Å². The molecule has 6 heteroatoms. The molecule has 19 heavy (non-hydrogen) atoms. The number of aromatic nitrogens is 5. The molecule has 0 saturated heterocycles. The van der Waals surface area contributed by atoms with Crippen LogP contribution in [0.15, 0.2) is 24.8 Å². The van der Waals surface area contributed by atoms with Crippen molar-refractivity contribution >= 4 is 11.3 Å². The number of rotatable bonds is 3. The van der Waals surface area contributed by atoms with Gasteiger partial charge in [0.2, 0.25) is 0 Å². The lowest BCUT2D eigenvalue weighted by atomic mass is 10.1. The molecule has 98 valence electrons. The Morgan fingerprint density at radius 2 is 2.16 bits per heavy atom. The van der Waals surface area contributed by atoms with Crippen LogP contribution >= 0.6 is 0 Å². The first kappa shape index (κ1) is 11.7. The summed E-state index contributed by atoms with van der Waals surface area (Å²) >= 11 is 0. The highest BCUT2D eigenvalue weighted by Crippen LogP contribution is 2.30. The molecule has 0 aliphatic carbocycles. The van der Waals surface area contributed by atoms with Crippen LogP contribution in [-0.4, -0.2) is 24.4 Å². The summed E-state index contributed by atoms with van der Waals surface area (Å²) in [5.74, 6) is 0.722. The van der Waals surface area contributed by atoms with Gasteiger partial charge in [0.15, 0.2) is 0 Å². The van der Waals surface area contributed by atoms with Gasteiger partial charge < -0.3 is 5.73 Å². The maximum absolute atomic E-state index is 6.10. The zero-order chi connectivity index (χ0) is 13.4. The Balaban J connectivity index is 2.24. The van der Waals surface area contributed by atoms with E-state index in [1.54, 1.807) is 21.6 Å². The summed E-state index contributed by atoms with van der Waals surface area (Å²) in [7, 11) is 1.86. The van der Waals surface area contributed by atoms with E-state index in [-0.39, 0.29) is 0 Å². The molecule has 0 aliphatic rings. The quantitative estimate of drug-likeness (QED) is 0.773. The molecule has 0 aromatic carbocycles. The van der Waals surface area contributed by atoms with E-state index in [1.165, 1.54) is 0 Å². The fourth-order valence-electron chi connectivity index (χ4n) is 2.31. The summed E-state index contributed by atoms with van der Waals surface area (Å²) in [6.45, 7) is 2.13. The van der Waals surface area contributed by atoms with E-state index in [9.17, 15) is 0 Å². The number of nitrogens with two attached hydrogens (primary N) is 1. The van der Waals surface area contributed by atoms with Crippen molar-refractivity contribution in [3.05, 3.63) is 30.4 Å². The molecule has 0 spiro atoms. The van der Waals surface area contributed by atoms with E-state index in [4.69, 9.17) is 5.73 Å². The van der Waals surface area contributed by atoms with Gasteiger partial charge in [0, 0.05) is 30.6 Å². The molecule has 0 radical (unpaired) electrons. The summed E-state index contributed by atoms with van der Waals surface area (Å²) in [5, 5.41) is 8.85. The van der Waals surface area contributed by atoms with Crippen molar-refractivity contribution in [2.24, 2.45) is 7.05 Å². The van der Waals surface area contributed by atoms with Gasteiger partial charge in [-0.25, -0.2) is 4.52 Å². The van der Waals surface area contributed by atoms with Crippen LogP contribution in [0.5, 0.6) is 0 Å². The zero-order valence-corrected chi connectivity index (χ0v) is 11.0. The Bertz CT molecular complexity index is 724. The molecular formula is C13H16N6. The number of nitrogen functional groups attached to an aromatic ring is 1. The number of hydrogen-bond donors (Lipinski definition) is 1. The topological polar surface area (TPSA) is 74.0 Å². The highest BCUT2D eigenvalue weighted by atomic mass is 15.3. The SMILES string of the molecule is CCCc1c(-c2cnn3ccncc23)nn(C)c1N. The van der Waals surface area contributed by atoms with E-state index in [1.807, 2.05) is 19.4 Å². The molecule has 0 unspecified atom stereocenters. The Morgan fingerprint density at radius 3 is 2.95 bits per heavy atom. The summed E-state index contributed by atoms with van der Waals surface area (Å²) in [6.07, 6.45) is 9.09. The normalized spacial score (nSPS) is 11.3. The van der Waals surface area contributed by atoms with Crippen molar-refractivity contribution in [1.29, 1.82) is 0 Å². The first-order valence-corrected chi connectivity index (χ1v) is 6.31. The van der Waals surface area contributed by atoms with E-state index in [0.29, 0.717) is 0 Å². The largest absolute Gasteiger partial charge is 0.384 e. The second kappa shape index (κ2) is 4.38. The lowest BCUT2D eigenvalue weighted by Gasteiger charge is -2.00. The number of anilines is 1. The third-order valence-electron chi connectivity index (χ3n) is 3.27. The molecule has 0 amide bonds. The highest BCUT2D eigenvalue weighted by Gasteiger charge is 2.18. The van der Waals surface area contributed by atoms with Gasteiger partial charge in [0.05, 0.1) is 17.9 Å². The molecule has 2 N–H and O–H groups in total. The minimum atomic E-state index is 0.722. The molecule has 0 fully saturated rings. The van der Waals surface area contributed by atoms with Gasteiger partial charge in [-0.2, -0.15) is 10.2 Å². The van der Waals surface area contributed by atoms with Gasteiger partial charge in [0.25, 0.3) is 0 Å². The minimum Gasteiger partial charge on any atom is -0.384 e. The fourth-order valence-corrected chi connectivity index (χ4v) is 2.31. The average molecular weight is 256 g/mol. The van der Waals surface area contributed by atoms with Crippen molar-refractivity contribution in [3.8, 4) is 11.3 Å².